The summed E-state index contributed by atoms with van der Waals surface area (Å²) >= 11 is 0. The lowest BCUT2D eigenvalue weighted by Gasteiger charge is -2.18. The first-order chi connectivity index (χ1) is 12.0. The van der Waals surface area contributed by atoms with Crippen molar-refractivity contribution in [2.75, 3.05) is 26.2 Å². The largest absolute Gasteiger partial charge is 0.493 e. The van der Waals surface area contributed by atoms with Crippen molar-refractivity contribution in [2.45, 2.75) is 40.7 Å². The van der Waals surface area contributed by atoms with Crippen molar-refractivity contribution in [1.29, 1.82) is 0 Å². The maximum Gasteiger partial charge on any atom is 0.241 e. The molecule has 148 valence electrons. The molecule has 0 aliphatic carbocycles. The van der Waals surface area contributed by atoms with E-state index in [0.29, 0.717) is 25.0 Å². The number of benzene rings is 1. The average molecular weight is 476 g/mol. The van der Waals surface area contributed by atoms with Gasteiger partial charge in [0.05, 0.1) is 12.6 Å². The monoisotopic (exact) mass is 476 g/mol. The van der Waals surface area contributed by atoms with Crippen LogP contribution < -0.4 is 20.7 Å². The van der Waals surface area contributed by atoms with E-state index < -0.39 is 0 Å². The van der Waals surface area contributed by atoms with Crippen LogP contribution >= 0.6 is 24.0 Å². The van der Waals surface area contributed by atoms with Crippen molar-refractivity contribution in [3.8, 4) is 5.75 Å². The highest BCUT2D eigenvalue weighted by molar-refractivity contribution is 14.0. The molecular weight excluding hydrogens is 443 g/mol. The lowest BCUT2D eigenvalue weighted by molar-refractivity contribution is -0.119. The van der Waals surface area contributed by atoms with E-state index in [4.69, 9.17) is 4.74 Å². The maximum absolute atomic E-state index is 11.6. The van der Waals surface area contributed by atoms with E-state index in [9.17, 15) is 4.79 Å². The number of nitrogens with zero attached hydrogens (tertiary/aromatic N) is 1. The average Bonchev–Trinajstić information content (AvgIpc) is 2.58. The van der Waals surface area contributed by atoms with Gasteiger partial charge in [-0.2, -0.15) is 0 Å². The van der Waals surface area contributed by atoms with Gasteiger partial charge in [0.1, 0.15) is 12.3 Å². The van der Waals surface area contributed by atoms with E-state index in [0.717, 1.165) is 17.9 Å². The van der Waals surface area contributed by atoms with Crippen LogP contribution in [0, 0.1) is 5.92 Å². The van der Waals surface area contributed by atoms with Gasteiger partial charge in [-0.1, -0.05) is 26.0 Å². The predicted molar refractivity (Wildman–Crippen MR) is 118 cm³/mol. The predicted octanol–water partition coefficient (Wildman–Crippen LogP) is 3.09. The zero-order valence-corrected chi connectivity index (χ0v) is 18.8. The van der Waals surface area contributed by atoms with Gasteiger partial charge in [0.2, 0.25) is 5.91 Å². The van der Waals surface area contributed by atoms with Crippen molar-refractivity contribution >= 4 is 35.8 Å². The van der Waals surface area contributed by atoms with Crippen LogP contribution in [0.2, 0.25) is 0 Å². The number of guanidine groups is 1. The number of amides is 1. The summed E-state index contributed by atoms with van der Waals surface area (Å²) in [5.74, 6) is 1.92. The van der Waals surface area contributed by atoms with Crippen molar-refractivity contribution < 1.29 is 9.53 Å². The first kappa shape index (κ1) is 24.5. The van der Waals surface area contributed by atoms with E-state index in [1.54, 1.807) is 0 Å². The number of hydrogen-bond donors (Lipinski definition) is 3. The van der Waals surface area contributed by atoms with E-state index in [1.807, 2.05) is 38.1 Å². The third-order valence-corrected chi connectivity index (χ3v) is 3.42. The van der Waals surface area contributed by atoms with Crippen molar-refractivity contribution in [3.05, 3.63) is 29.8 Å². The van der Waals surface area contributed by atoms with Gasteiger partial charge in [-0.05, 0) is 44.4 Å². The molecule has 3 N–H and O–H groups in total. The molecule has 0 saturated carbocycles. The number of ether oxygens (including phenoxy) is 1. The third kappa shape index (κ3) is 9.84. The number of nitrogens with one attached hydrogen (secondary N) is 3. The molecule has 0 heterocycles. The van der Waals surface area contributed by atoms with Gasteiger partial charge in [0.25, 0.3) is 0 Å². The molecule has 1 atom stereocenters. The second kappa shape index (κ2) is 13.7. The van der Waals surface area contributed by atoms with Crippen LogP contribution in [0.5, 0.6) is 5.75 Å². The molecule has 26 heavy (non-hydrogen) atoms. The molecule has 1 unspecified atom stereocenters. The number of rotatable bonds is 9. The minimum atomic E-state index is -0.0842. The Kier molecular flexibility index (Phi) is 12.9. The van der Waals surface area contributed by atoms with Gasteiger partial charge in [0.15, 0.2) is 5.96 Å². The van der Waals surface area contributed by atoms with Crippen molar-refractivity contribution in [2.24, 2.45) is 10.9 Å². The quantitative estimate of drug-likeness (QED) is 0.291. The molecule has 0 aliphatic heterocycles. The third-order valence-electron chi connectivity index (χ3n) is 3.42. The SMILES string of the molecule is CCNC(=O)CN=C(NCC)NC(C)c1ccc(OCC(C)C)cc1.I. The number of halogens is 1. The number of aliphatic imine (C=N–C) groups is 1. The van der Waals surface area contributed by atoms with Crippen LogP contribution in [0.15, 0.2) is 29.3 Å². The molecule has 6 nitrogen and oxygen atoms in total. The summed E-state index contributed by atoms with van der Waals surface area (Å²) in [5.41, 5.74) is 1.13. The van der Waals surface area contributed by atoms with Gasteiger partial charge >= 0.3 is 0 Å². The Morgan fingerprint density at radius 3 is 2.23 bits per heavy atom. The Morgan fingerprint density at radius 2 is 1.69 bits per heavy atom. The first-order valence-corrected chi connectivity index (χ1v) is 9.00. The lowest BCUT2D eigenvalue weighted by Crippen LogP contribution is -2.39. The van der Waals surface area contributed by atoms with Crippen LogP contribution in [0.1, 0.15) is 46.2 Å². The summed E-state index contributed by atoms with van der Waals surface area (Å²) < 4.78 is 5.71. The summed E-state index contributed by atoms with van der Waals surface area (Å²) in [6.07, 6.45) is 0. The second-order valence-corrected chi connectivity index (χ2v) is 6.29. The molecule has 0 aliphatic rings. The molecule has 0 saturated heterocycles. The molecule has 1 aromatic carbocycles. The highest BCUT2D eigenvalue weighted by atomic mass is 127. The number of likely N-dealkylation sites (N-methyl/N-ethyl adjacent to an activating group) is 1. The lowest BCUT2D eigenvalue weighted by atomic mass is 10.1. The minimum Gasteiger partial charge on any atom is -0.493 e. The Labute approximate surface area is 174 Å². The van der Waals surface area contributed by atoms with Crippen LogP contribution in [0.4, 0.5) is 0 Å². The summed E-state index contributed by atoms with van der Waals surface area (Å²) in [6.45, 7) is 12.4. The van der Waals surface area contributed by atoms with E-state index in [2.05, 4.69) is 41.7 Å². The van der Waals surface area contributed by atoms with Crippen molar-refractivity contribution in [3.63, 3.8) is 0 Å². The Bertz CT molecular complexity index is 547. The fourth-order valence-corrected chi connectivity index (χ4v) is 2.13. The van der Waals surface area contributed by atoms with E-state index in [1.165, 1.54) is 0 Å². The molecule has 0 spiro atoms. The minimum absolute atomic E-state index is 0. The zero-order chi connectivity index (χ0) is 18.7. The number of carbonyl (C=O) groups is 1. The van der Waals surface area contributed by atoms with Gasteiger partial charge in [0, 0.05) is 13.1 Å². The molecule has 1 amide bonds. The topological polar surface area (TPSA) is 74.8 Å². The van der Waals surface area contributed by atoms with Crippen LogP contribution in [-0.2, 0) is 4.79 Å². The normalized spacial score (nSPS) is 12.2. The first-order valence-electron chi connectivity index (χ1n) is 9.00. The molecule has 0 fully saturated rings. The molecule has 7 heteroatoms. The maximum atomic E-state index is 11.6. The molecule has 1 aromatic rings. The van der Waals surface area contributed by atoms with Crippen molar-refractivity contribution in [1.82, 2.24) is 16.0 Å². The Balaban J connectivity index is 0.00000625. The molecule has 1 rings (SSSR count). The van der Waals surface area contributed by atoms with Gasteiger partial charge in [-0.25, -0.2) is 4.99 Å². The summed E-state index contributed by atoms with van der Waals surface area (Å²) in [4.78, 5) is 15.9. The molecule has 0 aromatic heterocycles. The van der Waals surface area contributed by atoms with E-state index >= 15 is 0 Å². The van der Waals surface area contributed by atoms with Crippen LogP contribution in [0.3, 0.4) is 0 Å². The van der Waals surface area contributed by atoms with Gasteiger partial charge < -0.3 is 20.7 Å². The fraction of sp³-hybridized carbons (Fsp3) is 0.579. The van der Waals surface area contributed by atoms with Crippen LogP contribution in [-0.4, -0.2) is 38.1 Å². The molecule has 0 radical (unpaired) electrons. The second-order valence-electron chi connectivity index (χ2n) is 6.29. The summed E-state index contributed by atoms with van der Waals surface area (Å²) in [7, 11) is 0. The number of hydrogen-bond acceptors (Lipinski definition) is 3. The van der Waals surface area contributed by atoms with E-state index in [-0.39, 0.29) is 42.5 Å². The summed E-state index contributed by atoms with van der Waals surface area (Å²) in [6, 6.07) is 8.11. The smallest absolute Gasteiger partial charge is 0.241 e. The summed E-state index contributed by atoms with van der Waals surface area (Å²) in [5, 5.41) is 9.22. The zero-order valence-electron chi connectivity index (χ0n) is 16.5. The molecular formula is C19H33IN4O2. The fourth-order valence-electron chi connectivity index (χ4n) is 2.13. The Hall–Kier alpha value is -1.51. The standard InChI is InChI=1S/C19H32N4O2.HI/c1-6-20-18(24)12-22-19(21-7-2)23-15(5)16-8-10-17(11-9-16)25-13-14(3)4;/h8-11,14-15H,6-7,12-13H2,1-5H3,(H,20,24)(H2,21,22,23);1H. The van der Waals surface area contributed by atoms with Crippen LogP contribution in [0.25, 0.3) is 0 Å². The molecule has 0 bridgehead atoms. The number of carbonyl (C=O) groups excluding carboxylic acids is 1. The highest BCUT2D eigenvalue weighted by Crippen LogP contribution is 2.18. The van der Waals surface area contributed by atoms with Gasteiger partial charge in [-0.3, -0.25) is 4.79 Å². The highest BCUT2D eigenvalue weighted by Gasteiger charge is 2.09. The van der Waals surface area contributed by atoms with Gasteiger partial charge in [-0.15, -0.1) is 24.0 Å². The Morgan fingerprint density at radius 1 is 1.08 bits per heavy atom.